The van der Waals surface area contributed by atoms with Gasteiger partial charge in [0.1, 0.15) is 24.9 Å². The van der Waals surface area contributed by atoms with Gasteiger partial charge in [-0.2, -0.15) is 5.26 Å². The zero-order valence-electron chi connectivity index (χ0n) is 15.7. The van der Waals surface area contributed by atoms with E-state index < -0.39 is 5.91 Å². The van der Waals surface area contributed by atoms with Gasteiger partial charge in [-0.05, 0) is 42.8 Å². The molecule has 28 heavy (non-hydrogen) atoms. The van der Waals surface area contributed by atoms with Gasteiger partial charge in [0.25, 0.3) is 5.91 Å². The molecule has 0 bridgehead atoms. The molecule has 2 aromatic carbocycles. The van der Waals surface area contributed by atoms with E-state index in [9.17, 15) is 10.1 Å². The highest BCUT2D eigenvalue weighted by molar-refractivity contribution is 6.09. The molecular formula is C21H20N2O5. The molecule has 0 saturated heterocycles. The summed E-state index contributed by atoms with van der Waals surface area (Å²) >= 11 is 0. The van der Waals surface area contributed by atoms with E-state index in [-0.39, 0.29) is 5.57 Å². The summed E-state index contributed by atoms with van der Waals surface area (Å²) in [6.07, 6.45) is 1.49. The lowest BCUT2D eigenvalue weighted by Gasteiger charge is -2.18. The molecule has 1 aliphatic heterocycles. The lowest BCUT2D eigenvalue weighted by molar-refractivity contribution is -0.112. The third kappa shape index (κ3) is 4.35. The molecule has 1 heterocycles. The summed E-state index contributed by atoms with van der Waals surface area (Å²) < 4.78 is 21.7. The minimum atomic E-state index is -0.521. The fourth-order valence-electron chi connectivity index (χ4n) is 2.68. The second kappa shape index (κ2) is 8.82. The van der Waals surface area contributed by atoms with E-state index >= 15 is 0 Å². The lowest BCUT2D eigenvalue weighted by atomic mass is 10.1. The number of fused-ring (bicyclic) bond motifs is 1. The average Bonchev–Trinajstić information content (AvgIpc) is 2.72. The van der Waals surface area contributed by atoms with Gasteiger partial charge in [-0.1, -0.05) is 6.07 Å². The van der Waals surface area contributed by atoms with Crippen LogP contribution in [-0.2, 0) is 4.79 Å². The Balaban J connectivity index is 1.79. The van der Waals surface area contributed by atoms with Crippen LogP contribution in [0.3, 0.4) is 0 Å². The van der Waals surface area contributed by atoms with Gasteiger partial charge in [0, 0.05) is 11.8 Å². The Kier molecular flexibility index (Phi) is 6.02. The molecule has 0 saturated carbocycles. The Morgan fingerprint density at radius 1 is 1.18 bits per heavy atom. The number of ether oxygens (including phenoxy) is 4. The summed E-state index contributed by atoms with van der Waals surface area (Å²) in [4.78, 5) is 12.5. The van der Waals surface area contributed by atoms with Crippen molar-refractivity contribution in [3.05, 3.63) is 47.5 Å². The number of nitriles is 1. The molecule has 0 unspecified atom stereocenters. The maximum atomic E-state index is 12.5. The Morgan fingerprint density at radius 2 is 1.96 bits per heavy atom. The van der Waals surface area contributed by atoms with Crippen LogP contribution in [0.1, 0.15) is 12.5 Å². The molecule has 1 aliphatic rings. The van der Waals surface area contributed by atoms with Crippen LogP contribution in [0.15, 0.2) is 42.0 Å². The maximum absolute atomic E-state index is 12.5. The highest BCUT2D eigenvalue weighted by Crippen LogP contribution is 2.33. The van der Waals surface area contributed by atoms with Crippen LogP contribution in [0.4, 0.5) is 5.69 Å². The van der Waals surface area contributed by atoms with Crippen molar-refractivity contribution in [1.29, 1.82) is 5.26 Å². The molecule has 3 rings (SSSR count). The number of carbonyl (C=O) groups excluding carboxylic acids is 1. The van der Waals surface area contributed by atoms with Crippen molar-refractivity contribution in [3.8, 4) is 29.1 Å². The summed E-state index contributed by atoms with van der Waals surface area (Å²) in [7, 11) is 1.53. The topological polar surface area (TPSA) is 89.8 Å². The number of benzene rings is 2. The van der Waals surface area contributed by atoms with E-state index in [0.29, 0.717) is 54.1 Å². The third-order valence-electron chi connectivity index (χ3n) is 3.96. The summed E-state index contributed by atoms with van der Waals surface area (Å²) in [5.41, 5.74) is 1.12. The summed E-state index contributed by atoms with van der Waals surface area (Å²) in [5, 5.41) is 12.1. The second-order valence-electron chi connectivity index (χ2n) is 5.83. The van der Waals surface area contributed by atoms with Crippen molar-refractivity contribution in [2.24, 2.45) is 0 Å². The van der Waals surface area contributed by atoms with Crippen molar-refractivity contribution >= 4 is 17.7 Å². The van der Waals surface area contributed by atoms with E-state index in [4.69, 9.17) is 18.9 Å². The summed E-state index contributed by atoms with van der Waals surface area (Å²) in [6.45, 7) is 3.33. The normalized spacial score (nSPS) is 12.7. The highest BCUT2D eigenvalue weighted by atomic mass is 16.6. The molecule has 144 valence electrons. The highest BCUT2D eigenvalue weighted by Gasteiger charge is 2.15. The summed E-state index contributed by atoms with van der Waals surface area (Å²) in [6, 6.07) is 12.2. The Hall–Kier alpha value is -3.66. The van der Waals surface area contributed by atoms with Gasteiger partial charge < -0.3 is 24.3 Å². The minimum absolute atomic E-state index is 0.0406. The number of hydrogen-bond donors (Lipinski definition) is 1. The van der Waals surface area contributed by atoms with Crippen molar-refractivity contribution in [3.63, 3.8) is 0 Å². The second-order valence-corrected chi connectivity index (χ2v) is 5.83. The Bertz CT molecular complexity index is 946. The van der Waals surface area contributed by atoms with E-state index in [2.05, 4.69) is 5.32 Å². The van der Waals surface area contributed by atoms with E-state index in [0.717, 1.165) is 0 Å². The number of carbonyl (C=O) groups is 1. The third-order valence-corrected chi connectivity index (χ3v) is 3.96. The standard InChI is InChI=1S/C21H20N2O5/c1-3-26-17-6-4-14(11-19(17)25-2)10-15(13-22)21(24)23-16-5-7-18-20(12-16)28-9-8-27-18/h4-7,10-12H,3,8-9H2,1-2H3,(H,23,24)/b15-10+. The van der Waals surface area contributed by atoms with Crippen molar-refractivity contribution in [2.75, 3.05) is 32.2 Å². The van der Waals surface area contributed by atoms with E-state index in [1.54, 1.807) is 36.4 Å². The van der Waals surface area contributed by atoms with Gasteiger partial charge in [0.2, 0.25) is 0 Å². The monoisotopic (exact) mass is 380 g/mol. The van der Waals surface area contributed by atoms with Crippen molar-refractivity contribution in [1.82, 2.24) is 0 Å². The molecule has 7 heteroatoms. The van der Waals surface area contributed by atoms with Crippen LogP contribution in [0.5, 0.6) is 23.0 Å². The van der Waals surface area contributed by atoms with Crippen LogP contribution in [-0.4, -0.2) is 32.8 Å². The number of nitrogens with one attached hydrogen (secondary N) is 1. The number of nitrogens with zero attached hydrogens (tertiary/aromatic N) is 1. The summed E-state index contributed by atoms with van der Waals surface area (Å²) in [5.74, 6) is 1.79. The van der Waals surface area contributed by atoms with Crippen LogP contribution in [0, 0.1) is 11.3 Å². The number of methoxy groups -OCH3 is 1. The number of hydrogen-bond acceptors (Lipinski definition) is 6. The zero-order chi connectivity index (χ0) is 19.9. The molecule has 1 amide bonds. The van der Waals surface area contributed by atoms with Gasteiger partial charge in [0.05, 0.1) is 13.7 Å². The Labute approximate surface area is 163 Å². The molecule has 0 aromatic heterocycles. The maximum Gasteiger partial charge on any atom is 0.266 e. The first kappa shape index (κ1) is 19.1. The van der Waals surface area contributed by atoms with Crippen LogP contribution < -0.4 is 24.3 Å². The molecule has 0 fully saturated rings. The predicted octanol–water partition coefficient (Wildman–Crippen LogP) is 3.41. The molecule has 0 atom stereocenters. The van der Waals surface area contributed by atoms with E-state index in [1.807, 2.05) is 13.0 Å². The molecule has 0 aliphatic carbocycles. The quantitative estimate of drug-likeness (QED) is 0.610. The average molecular weight is 380 g/mol. The molecule has 1 N–H and O–H groups in total. The fraction of sp³-hybridized carbons (Fsp3) is 0.238. The Morgan fingerprint density at radius 3 is 2.68 bits per heavy atom. The first-order valence-corrected chi connectivity index (χ1v) is 8.78. The smallest absolute Gasteiger partial charge is 0.266 e. The SMILES string of the molecule is CCOc1ccc(/C=C(\C#N)C(=O)Nc2ccc3c(c2)OCCO3)cc1OC. The first-order valence-electron chi connectivity index (χ1n) is 8.78. The first-order chi connectivity index (χ1) is 13.6. The van der Waals surface area contributed by atoms with Gasteiger partial charge >= 0.3 is 0 Å². The van der Waals surface area contributed by atoms with Crippen LogP contribution in [0.2, 0.25) is 0 Å². The van der Waals surface area contributed by atoms with Gasteiger partial charge in [-0.3, -0.25) is 4.79 Å². The van der Waals surface area contributed by atoms with Crippen molar-refractivity contribution < 1.29 is 23.7 Å². The minimum Gasteiger partial charge on any atom is -0.493 e. The van der Waals surface area contributed by atoms with Crippen molar-refractivity contribution in [2.45, 2.75) is 6.92 Å². The van der Waals surface area contributed by atoms with Gasteiger partial charge in [-0.25, -0.2) is 0 Å². The molecule has 0 spiro atoms. The number of amides is 1. The zero-order valence-corrected chi connectivity index (χ0v) is 15.7. The molecular weight excluding hydrogens is 360 g/mol. The largest absolute Gasteiger partial charge is 0.493 e. The fourth-order valence-corrected chi connectivity index (χ4v) is 2.68. The van der Waals surface area contributed by atoms with Gasteiger partial charge in [-0.15, -0.1) is 0 Å². The number of rotatable bonds is 6. The van der Waals surface area contributed by atoms with Crippen LogP contribution in [0.25, 0.3) is 6.08 Å². The molecule has 7 nitrogen and oxygen atoms in total. The predicted molar refractivity (Wildman–Crippen MR) is 104 cm³/mol. The van der Waals surface area contributed by atoms with Crippen LogP contribution >= 0.6 is 0 Å². The molecule has 2 aromatic rings. The molecule has 0 radical (unpaired) electrons. The van der Waals surface area contributed by atoms with Gasteiger partial charge in [0.15, 0.2) is 23.0 Å². The lowest BCUT2D eigenvalue weighted by Crippen LogP contribution is -2.17. The van der Waals surface area contributed by atoms with E-state index in [1.165, 1.54) is 13.2 Å². The number of anilines is 1.